The van der Waals surface area contributed by atoms with E-state index in [1.54, 1.807) is 16.8 Å². The number of carbonyl (C=O) groups is 2. The Balaban J connectivity index is 2.53. The lowest BCUT2D eigenvalue weighted by Crippen LogP contribution is -2.40. The van der Waals surface area contributed by atoms with E-state index in [2.05, 4.69) is 0 Å². The highest BCUT2D eigenvalue weighted by atomic mass is 16.2. The summed E-state index contributed by atoms with van der Waals surface area (Å²) in [5, 5.41) is 0. The molecule has 1 aliphatic heterocycles. The maximum atomic E-state index is 12.1. The van der Waals surface area contributed by atoms with E-state index in [9.17, 15) is 9.59 Å². The molecule has 1 unspecified atom stereocenters. The second-order valence-electron chi connectivity index (χ2n) is 4.76. The van der Waals surface area contributed by atoms with Crippen LogP contribution in [0.25, 0.3) is 0 Å². The zero-order valence-corrected chi connectivity index (χ0v) is 10.8. The molecular formula is C12H23N3O2. The molecule has 0 aromatic heterocycles. The molecule has 1 heterocycles. The van der Waals surface area contributed by atoms with E-state index < -0.39 is 0 Å². The van der Waals surface area contributed by atoms with Gasteiger partial charge in [-0.15, -0.1) is 0 Å². The summed E-state index contributed by atoms with van der Waals surface area (Å²) >= 11 is 0. The molecule has 2 amide bonds. The van der Waals surface area contributed by atoms with Crippen molar-refractivity contribution in [2.45, 2.75) is 26.2 Å². The fourth-order valence-electron chi connectivity index (χ4n) is 2.03. The number of nitrogens with two attached hydrogens (primary N) is 1. The van der Waals surface area contributed by atoms with Crippen LogP contribution < -0.4 is 5.73 Å². The van der Waals surface area contributed by atoms with Crippen LogP contribution in [0.4, 0.5) is 0 Å². The second kappa shape index (κ2) is 6.59. The minimum atomic E-state index is -0.0326. The lowest BCUT2D eigenvalue weighted by Gasteiger charge is -2.23. The SMILES string of the molecule is CC(CCCN)C(=O)N1CCCN(C)C(=O)C1. The molecule has 98 valence electrons. The Morgan fingerprint density at radius 1 is 1.47 bits per heavy atom. The summed E-state index contributed by atoms with van der Waals surface area (Å²) in [4.78, 5) is 27.2. The Morgan fingerprint density at radius 2 is 2.18 bits per heavy atom. The number of hydrogen-bond donors (Lipinski definition) is 1. The van der Waals surface area contributed by atoms with Crippen LogP contribution in [0, 0.1) is 5.92 Å². The van der Waals surface area contributed by atoms with Crippen LogP contribution in [0.5, 0.6) is 0 Å². The van der Waals surface area contributed by atoms with Gasteiger partial charge in [-0.25, -0.2) is 0 Å². The second-order valence-corrected chi connectivity index (χ2v) is 4.76. The molecule has 0 saturated carbocycles. The van der Waals surface area contributed by atoms with Gasteiger partial charge in [0.25, 0.3) is 0 Å². The van der Waals surface area contributed by atoms with Gasteiger partial charge in [-0.2, -0.15) is 0 Å². The van der Waals surface area contributed by atoms with Crippen molar-refractivity contribution in [1.82, 2.24) is 9.80 Å². The fraction of sp³-hybridized carbons (Fsp3) is 0.833. The molecule has 1 saturated heterocycles. The summed E-state index contributed by atoms with van der Waals surface area (Å²) in [5.74, 6) is 0.0822. The zero-order valence-electron chi connectivity index (χ0n) is 10.8. The molecular weight excluding hydrogens is 218 g/mol. The van der Waals surface area contributed by atoms with Crippen molar-refractivity contribution in [3.8, 4) is 0 Å². The lowest BCUT2D eigenvalue weighted by molar-refractivity contribution is -0.140. The van der Waals surface area contributed by atoms with Crippen LogP contribution in [0.2, 0.25) is 0 Å². The highest BCUT2D eigenvalue weighted by Crippen LogP contribution is 2.12. The smallest absolute Gasteiger partial charge is 0.241 e. The molecule has 0 radical (unpaired) electrons. The maximum absolute atomic E-state index is 12.1. The third-order valence-electron chi connectivity index (χ3n) is 3.25. The highest BCUT2D eigenvalue weighted by molar-refractivity contribution is 5.86. The topological polar surface area (TPSA) is 66.6 Å². The quantitative estimate of drug-likeness (QED) is 0.756. The molecule has 0 spiro atoms. The van der Waals surface area contributed by atoms with E-state index in [1.165, 1.54) is 0 Å². The van der Waals surface area contributed by atoms with Crippen LogP contribution in [0.1, 0.15) is 26.2 Å². The monoisotopic (exact) mass is 241 g/mol. The number of rotatable bonds is 4. The molecule has 17 heavy (non-hydrogen) atoms. The lowest BCUT2D eigenvalue weighted by atomic mass is 10.0. The Bertz CT molecular complexity index is 281. The van der Waals surface area contributed by atoms with Crippen LogP contribution in [0.3, 0.4) is 0 Å². The first-order chi connectivity index (χ1) is 8.06. The van der Waals surface area contributed by atoms with Gasteiger partial charge in [0.1, 0.15) is 0 Å². The minimum Gasteiger partial charge on any atom is -0.344 e. The van der Waals surface area contributed by atoms with Crippen LogP contribution in [-0.2, 0) is 9.59 Å². The van der Waals surface area contributed by atoms with Gasteiger partial charge in [0.2, 0.25) is 11.8 Å². The molecule has 1 aliphatic rings. The van der Waals surface area contributed by atoms with Gasteiger partial charge in [-0.3, -0.25) is 9.59 Å². The van der Waals surface area contributed by atoms with Gasteiger partial charge < -0.3 is 15.5 Å². The third-order valence-corrected chi connectivity index (χ3v) is 3.25. The largest absolute Gasteiger partial charge is 0.344 e. The Morgan fingerprint density at radius 3 is 2.82 bits per heavy atom. The van der Waals surface area contributed by atoms with Gasteiger partial charge >= 0.3 is 0 Å². The minimum absolute atomic E-state index is 0.0295. The van der Waals surface area contributed by atoms with Gasteiger partial charge in [-0.1, -0.05) is 6.92 Å². The fourth-order valence-corrected chi connectivity index (χ4v) is 2.03. The first kappa shape index (κ1) is 14.0. The highest BCUT2D eigenvalue weighted by Gasteiger charge is 2.25. The van der Waals surface area contributed by atoms with Crippen molar-refractivity contribution >= 4 is 11.8 Å². The van der Waals surface area contributed by atoms with Crippen molar-refractivity contribution in [3.63, 3.8) is 0 Å². The summed E-state index contributed by atoms with van der Waals surface area (Å²) in [6.45, 7) is 4.17. The van der Waals surface area contributed by atoms with Gasteiger partial charge in [0.15, 0.2) is 0 Å². The van der Waals surface area contributed by atoms with Crippen molar-refractivity contribution in [1.29, 1.82) is 0 Å². The predicted octanol–water partition coefficient (Wildman–Crippen LogP) is 0.0521. The van der Waals surface area contributed by atoms with Gasteiger partial charge in [-0.05, 0) is 25.8 Å². The molecule has 1 atom stereocenters. The molecule has 1 fully saturated rings. The van der Waals surface area contributed by atoms with Crippen molar-refractivity contribution < 1.29 is 9.59 Å². The van der Waals surface area contributed by atoms with Crippen LogP contribution >= 0.6 is 0 Å². The molecule has 5 heteroatoms. The zero-order chi connectivity index (χ0) is 12.8. The van der Waals surface area contributed by atoms with Crippen LogP contribution in [0.15, 0.2) is 0 Å². The summed E-state index contributed by atoms with van der Waals surface area (Å²) in [7, 11) is 1.79. The number of nitrogens with zero attached hydrogens (tertiary/aromatic N) is 2. The molecule has 0 aromatic carbocycles. The molecule has 0 aliphatic carbocycles. The Labute approximate surface area is 103 Å². The predicted molar refractivity (Wildman–Crippen MR) is 66.3 cm³/mol. The molecule has 2 N–H and O–H groups in total. The van der Waals surface area contributed by atoms with E-state index in [1.807, 2.05) is 6.92 Å². The molecule has 5 nitrogen and oxygen atoms in total. The van der Waals surface area contributed by atoms with Gasteiger partial charge in [0, 0.05) is 26.1 Å². The van der Waals surface area contributed by atoms with Crippen LogP contribution in [-0.4, -0.2) is 54.8 Å². The van der Waals surface area contributed by atoms with E-state index in [4.69, 9.17) is 5.73 Å². The summed E-state index contributed by atoms with van der Waals surface area (Å²) < 4.78 is 0. The molecule has 0 aromatic rings. The van der Waals surface area contributed by atoms with Crippen molar-refractivity contribution in [2.24, 2.45) is 11.7 Å². The van der Waals surface area contributed by atoms with E-state index >= 15 is 0 Å². The Hall–Kier alpha value is -1.10. The average molecular weight is 241 g/mol. The summed E-state index contributed by atoms with van der Waals surface area (Å²) in [5.41, 5.74) is 5.43. The summed E-state index contributed by atoms with van der Waals surface area (Å²) in [6.07, 6.45) is 2.52. The normalized spacial score (nSPS) is 19.1. The van der Waals surface area contributed by atoms with E-state index in [0.717, 1.165) is 25.8 Å². The van der Waals surface area contributed by atoms with E-state index in [-0.39, 0.29) is 24.3 Å². The average Bonchev–Trinajstić information content (AvgIpc) is 2.48. The number of amides is 2. The third kappa shape index (κ3) is 4.00. The van der Waals surface area contributed by atoms with Crippen molar-refractivity contribution in [2.75, 3.05) is 33.2 Å². The standard InChI is InChI=1S/C12H23N3O2/c1-10(5-3-6-13)12(17)15-8-4-7-14(2)11(16)9-15/h10H,3-9,13H2,1-2H3. The number of likely N-dealkylation sites (N-methyl/N-ethyl adjacent to an activating group) is 1. The number of carbonyl (C=O) groups excluding carboxylic acids is 2. The number of hydrogen-bond acceptors (Lipinski definition) is 3. The van der Waals surface area contributed by atoms with Crippen molar-refractivity contribution in [3.05, 3.63) is 0 Å². The van der Waals surface area contributed by atoms with Gasteiger partial charge in [0.05, 0.1) is 6.54 Å². The molecule has 1 rings (SSSR count). The molecule has 0 bridgehead atoms. The first-order valence-corrected chi connectivity index (χ1v) is 6.29. The first-order valence-electron chi connectivity index (χ1n) is 6.29. The maximum Gasteiger partial charge on any atom is 0.241 e. The Kier molecular flexibility index (Phi) is 5.41. The summed E-state index contributed by atoms with van der Waals surface area (Å²) in [6, 6.07) is 0. The van der Waals surface area contributed by atoms with E-state index in [0.29, 0.717) is 13.1 Å².